The normalized spacial score (nSPS) is 9.69. The summed E-state index contributed by atoms with van der Waals surface area (Å²) in [7, 11) is 0. The Kier molecular flexibility index (Phi) is 7.24. The molecule has 0 amide bonds. The van der Waals surface area contributed by atoms with Crippen LogP contribution in [0, 0.1) is 0 Å². The minimum absolute atomic E-state index is 0.0927. The Morgan fingerprint density at radius 3 is 2.46 bits per heavy atom. The minimum Gasteiger partial charge on any atom is -0.462 e. The van der Waals surface area contributed by atoms with Crippen LogP contribution < -0.4 is 0 Å². The molecule has 0 aliphatic heterocycles. The van der Waals surface area contributed by atoms with Crippen LogP contribution in [0.25, 0.3) is 0 Å². The summed E-state index contributed by atoms with van der Waals surface area (Å²) in [5, 5.41) is 16.9. The van der Waals surface area contributed by atoms with Gasteiger partial charge in [-0.25, -0.2) is 4.79 Å². The highest BCUT2D eigenvalue weighted by molar-refractivity contribution is 5.87. The fourth-order valence-corrected chi connectivity index (χ4v) is 0.718. The zero-order valence-corrected chi connectivity index (χ0v) is 7.66. The Morgan fingerprint density at radius 1 is 1.23 bits per heavy atom. The Labute approximate surface area is 77.8 Å². The second-order valence-corrected chi connectivity index (χ2v) is 2.64. The summed E-state index contributed by atoms with van der Waals surface area (Å²) in [6, 6.07) is 0. The molecule has 0 heterocycles. The third-order valence-corrected chi connectivity index (χ3v) is 1.49. The number of aliphatic hydroxyl groups excluding tert-OH is 2. The van der Waals surface area contributed by atoms with Gasteiger partial charge >= 0.3 is 5.97 Å². The molecule has 0 saturated heterocycles. The summed E-state index contributed by atoms with van der Waals surface area (Å²) in [5.74, 6) is -0.466. The van der Waals surface area contributed by atoms with Gasteiger partial charge in [-0.2, -0.15) is 0 Å². The molecule has 0 unspecified atom stereocenters. The highest BCUT2D eigenvalue weighted by Crippen LogP contribution is 2.00. The first-order chi connectivity index (χ1) is 6.22. The number of aliphatic hydroxyl groups is 2. The lowest BCUT2D eigenvalue weighted by atomic mass is 10.2. The van der Waals surface area contributed by atoms with Crippen LogP contribution in [-0.2, 0) is 9.53 Å². The number of rotatable bonds is 7. The lowest BCUT2D eigenvalue weighted by Gasteiger charge is -2.04. The summed E-state index contributed by atoms with van der Waals surface area (Å²) >= 11 is 0. The van der Waals surface area contributed by atoms with Crippen LogP contribution in [0.1, 0.15) is 19.3 Å². The summed E-state index contributed by atoms with van der Waals surface area (Å²) < 4.78 is 4.80. The summed E-state index contributed by atoms with van der Waals surface area (Å²) in [6.07, 6.45) is 1.52. The van der Waals surface area contributed by atoms with E-state index in [2.05, 4.69) is 6.58 Å². The number of hydrogen-bond acceptors (Lipinski definition) is 4. The molecule has 0 aliphatic carbocycles. The van der Waals surface area contributed by atoms with E-state index in [0.717, 1.165) is 0 Å². The number of hydrogen-bond donors (Lipinski definition) is 2. The maximum absolute atomic E-state index is 11.0. The Bertz CT molecular complexity index is 165. The fourth-order valence-electron chi connectivity index (χ4n) is 0.718. The van der Waals surface area contributed by atoms with Gasteiger partial charge in [-0.15, -0.1) is 0 Å². The smallest absolute Gasteiger partial charge is 0.333 e. The molecule has 0 spiro atoms. The molecule has 4 nitrogen and oxygen atoms in total. The minimum atomic E-state index is -0.466. The van der Waals surface area contributed by atoms with Crippen LogP contribution in [0.15, 0.2) is 12.2 Å². The van der Waals surface area contributed by atoms with E-state index in [-0.39, 0.29) is 25.2 Å². The lowest BCUT2D eigenvalue weighted by Crippen LogP contribution is -2.09. The van der Waals surface area contributed by atoms with Crippen molar-refractivity contribution in [1.82, 2.24) is 0 Å². The van der Waals surface area contributed by atoms with E-state index in [0.29, 0.717) is 19.4 Å². The average Bonchev–Trinajstić information content (AvgIpc) is 2.12. The molecule has 0 aromatic rings. The van der Waals surface area contributed by atoms with E-state index < -0.39 is 5.97 Å². The van der Waals surface area contributed by atoms with Gasteiger partial charge in [0.05, 0.1) is 6.61 Å². The molecule has 0 radical (unpaired) electrons. The molecule has 0 aromatic heterocycles. The van der Waals surface area contributed by atoms with Gasteiger partial charge in [-0.05, 0) is 12.8 Å². The molecule has 0 aliphatic rings. The largest absolute Gasteiger partial charge is 0.462 e. The number of carbonyl (C=O) groups excluding carboxylic acids is 1. The molecular weight excluding hydrogens is 172 g/mol. The van der Waals surface area contributed by atoms with Gasteiger partial charge in [0.1, 0.15) is 0 Å². The first-order valence-electron chi connectivity index (χ1n) is 4.29. The Morgan fingerprint density at radius 2 is 1.92 bits per heavy atom. The number of unbranched alkanes of at least 4 members (excludes halogenated alkanes) is 1. The molecular formula is C9H16O4. The molecule has 0 rings (SSSR count). The molecule has 0 saturated carbocycles. The number of carbonyl (C=O) groups is 1. The van der Waals surface area contributed by atoms with Crippen molar-refractivity contribution in [1.29, 1.82) is 0 Å². The average molecular weight is 188 g/mol. The maximum Gasteiger partial charge on any atom is 0.333 e. The Hall–Kier alpha value is -0.870. The van der Waals surface area contributed by atoms with E-state index in [9.17, 15) is 4.79 Å². The molecule has 2 N–H and O–H groups in total. The topological polar surface area (TPSA) is 66.8 Å². The van der Waals surface area contributed by atoms with Crippen molar-refractivity contribution in [3.8, 4) is 0 Å². The van der Waals surface area contributed by atoms with Gasteiger partial charge in [0.2, 0.25) is 0 Å². The van der Waals surface area contributed by atoms with E-state index in [1.165, 1.54) is 0 Å². The van der Waals surface area contributed by atoms with Gasteiger partial charge in [-0.3, -0.25) is 0 Å². The van der Waals surface area contributed by atoms with Crippen LogP contribution in [0.5, 0.6) is 0 Å². The highest BCUT2D eigenvalue weighted by atomic mass is 16.5. The van der Waals surface area contributed by atoms with Crippen molar-refractivity contribution in [3.05, 3.63) is 12.2 Å². The predicted octanol–water partition coefficient (Wildman–Crippen LogP) is 0.241. The zero-order valence-electron chi connectivity index (χ0n) is 7.66. The molecule has 0 bridgehead atoms. The van der Waals surface area contributed by atoms with Crippen LogP contribution in [-0.4, -0.2) is 36.0 Å². The van der Waals surface area contributed by atoms with Crippen molar-refractivity contribution < 1.29 is 19.7 Å². The second-order valence-electron chi connectivity index (χ2n) is 2.64. The summed E-state index contributed by atoms with van der Waals surface area (Å²) in [5.41, 5.74) is 0.284. The number of esters is 1. The molecule has 0 aromatic carbocycles. The monoisotopic (exact) mass is 188 g/mol. The fraction of sp³-hybridized carbons (Fsp3) is 0.667. The number of ether oxygens (including phenoxy) is 1. The first kappa shape index (κ1) is 12.1. The van der Waals surface area contributed by atoms with E-state index in [1.807, 2.05) is 0 Å². The van der Waals surface area contributed by atoms with Crippen LogP contribution in [0.4, 0.5) is 0 Å². The molecule has 4 heteroatoms. The van der Waals surface area contributed by atoms with Crippen LogP contribution in [0.2, 0.25) is 0 Å². The molecule has 76 valence electrons. The van der Waals surface area contributed by atoms with E-state index in [4.69, 9.17) is 14.9 Å². The molecule has 0 fully saturated rings. The van der Waals surface area contributed by atoms with Gasteiger partial charge in [0.25, 0.3) is 0 Å². The van der Waals surface area contributed by atoms with Crippen molar-refractivity contribution in [2.75, 3.05) is 19.8 Å². The summed E-state index contributed by atoms with van der Waals surface area (Å²) in [6.45, 7) is 3.77. The van der Waals surface area contributed by atoms with Crippen molar-refractivity contribution in [3.63, 3.8) is 0 Å². The van der Waals surface area contributed by atoms with Gasteiger partial charge in [0, 0.05) is 25.2 Å². The third kappa shape index (κ3) is 6.31. The van der Waals surface area contributed by atoms with E-state index in [1.54, 1.807) is 0 Å². The highest BCUT2D eigenvalue weighted by Gasteiger charge is 2.06. The molecule has 0 atom stereocenters. The van der Waals surface area contributed by atoms with Gasteiger partial charge in [-0.1, -0.05) is 6.58 Å². The third-order valence-electron chi connectivity index (χ3n) is 1.49. The van der Waals surface area contributed by atoms with Gasteiger partial charge < -0.3 is 14.9 Å². The van der Waals surface area contributed by atoms with Crippen LogP contribution >= 0.6 is 0 Å². The summed E-state index contributed by atoms with van der Waals surface area (Å²) in [4.78, 5) is 11.0. The van der Waals surface area contributed by atoms with Crippen molar-refractivity contribution >= 4 is 5.97 Å². The molecule has 13 heavy (non-hydrogen) atoms. The predicted molar refractivity (Wildman–Crippen MR) is 48.1 cm³/mol. The van der Waals surface area contributed by atoms with Gasteiger partial charge in [0.15, 0.2) is 0 Å². The van der Waals surface area contributed by atoms with Crippen molar-refractivity contribution in [2.45, 2.75) is 19.3 Å². The lowest BCUT2D eigenvalue weighted by molar-refractivity contribution is -0.139. The SMILES string of the molecule is C=C(CCO)C(=O)OCCCCO. The first-order valence-corrected chi connectivity index (χ1v) is 4.29. The van der Waals surface area contributed by atoms with E-state index >= 15 is 0 Å². The van der Waals surface area contributed by atoms with Crippen molar-refractivity contribution in [2.24, 2.45) is 0 Å². The standard InChI is InChI=1S/C9H16O4/c1-8(4-6-11)9(12)13-7-3-2-5-10/h10-11H,1-7H2. The Balaban J connectivity index is 3.44. The maximum atomic E-state index is 11.0. The zero-order chi connectivity index (χ0) is 10.1. The quantitative estimate of drug-likeness (QED) is 0.341. The second kappa shape index (κ2) is 7.76. The van der Waals surface area contributed by atoms with Crippen LogP contribution in [0.3, 0.4) is 0 Å².